The summed E-state index contributed by atoms with van der Waals surface area (Å²) in [7, 11) is 1.73. The zero-order valence-electron chi connectivity index (χ0n) is 14.0. The second-order valence-corrected chi connectivity index (χ2v) is 6.79. The number of benzene rings is 1. The maximum atomic E-state index is 5.35. The number of ether oxygens (including phenoxy) is 1. The van der Waals surface area contributed by atoms with Crippen molar-refractivity contribution >= 4 is 0 Å². The van der Waals surface area contributed by atoms with Crippen LogP contribution in [0.3, 0.4) is 0 Å². The van der Waals surface area contributed by atoms with Crippen molar-refractivity contribution in [1.29, 1.82) is 0 Å². The molecule has 0 bridgehead atoms. The average Bonchev–Trinajstić information content (AvgIpc) is 2.42. The third kappa shape index (κ3) is 5.16. The molecule has 2 heteroatoms. The van der Waals surface area contributed by atoms with Crippen LogP contribution in [-0.4, -0.2) is 13.7 Å². The molecule has 0 amide bonds. The molecule has 1 N–H and O–H groups in total. The van der Waals surface area contributed by atoms with Gasteiger partial charge in [-0.05, 0) is 48.4 Å². The van der Waals surface area contributed by atoms with Crippen molar-refractivity contribution in [3.63, 3.8) is 0 Å². The number of rotatable bonds is 7. The third-order valence-corrected chi connectivity index (χ3v) is 4.20. The summed E-state index contributed by atoms with van der Waals surface area (Å²) in [5.41, 5.74) is 1.67. The summed E-state index contributed by atoms with van der Waals surface area (Å²) < 4.78 is 5.35. The molecule has 0 spiro atoms. The van der Waals surface area contributed by atoms with Gasteiger partial charge in [0.1, 0.15) is 5.75 Å². The van der Waals surface area contributed by atoms with Gasteiger partial charge in [-0.25, -0.2) is 0 Å². The largest absolute Gasteiger partial charge is 0.497 e. The van der Waals surface area contributed by atoms with Crippen LogP contribution in [0.2, 0.25) is 0 Å². The Balaban J connectivity index is 2.87. The fourth-order valence-electron chi connectivity index (χ4n) is 2.22. The van der Waals surface area contributed by atoms with Crippen LogP contribution in [0.4, 0.5) is 0 Å². The Hall–Kier alpha value is -1.02. The Morgan fingerprint density at radius 2 is 1.95 bits per heavy atom. The van der Waals surface area contributed by atoms with E-state index in [0.29, 0.717) is 17.4 Å². The fourth-order valence-corrected chi connectivity index (χ4v) is 2.22. The second-order valence-electron chi connectivity index (χ2n) is 6.79. The van der Waals surface area contributed by atoms with E-state index in [0.717, 1.165) is 25.1 Å². The normalized spacial score (nSPS) is 14.9. The van der Waals surface area contributed by atoms with Crippen molar-refractivity contribution in [2.75, 3.05) is 13.7 Å². The lowest BCUT2D eigenvalue weighted by Gasteiger charge is -2.31. The van der Waals surface area contributed by atoms with E-state index in [4.69, 9.17) is 4.74 Å². The van der Waals surface area contributed by atoms with Crippen molar-refractivity contribution in [1.82, 2.24) is 5.32 Å². The zero-order chi connectivity index (χ0) is 15.2. The third-order valence-electron chi connectivity index (χ3n) is 4.20. The number of hydrogen-bond donors (Lipinski definition) is 1. The molecule has 0 saturated carbocycles. The van der Waals surface area contributed by atoms with Crippen LogP contribution in [-0.2, 0) is 0 Å². The van der Waals surface area contributed by atoms with Crippen LogP contribution in [0.15, 0.2) is 24.3 Å². The van der Waals surface area contributed by atoms with Gasteiger partial charge < -0.3 is 10.1 Å². The molecule has 0 radical (unpaired) electrons. The molecule has 2 atom stereocenters. The van der Waals surface area contributed by atoms with Gasteiger partial charge in [0.15, 0.2) is 0 Å². The molecule has 0 aromatic heterocycles. The van der Waals surface area contributed by atoms with Gasteiger partial charge in [-0.1, -0.05) is 46.8 Å². The maximum Gasteiger partial charge on any atom is 0.119 e. The molecule has 1 aromatic carbocycles. The predicted octanol–water partition coefficient (Wildman–Crippen LogP) is 4.81. The van der Waals surface area contributed by atoms with Gasteiger partial charge >= 0.3 is 0 Å². The van der Waals surface area contributed by atoms with Crippen LogP contribution in [0.25, 0.3) is 0 Å². The van der Waals surface area contributed by atoms with Crippen LogP contribution in [0, 0.1) is 11.3 Å². The molecular formula is C18H31NO. The van der Waals surface area contributed by atoms with Crippen LogP contribution in [0.5, 0.6) is 5.75 Å². The minimum Gasteiger partial charge on any atom is -0.497 e. The first-order valence-electron chi connectivity index (χ1n) is 7.75. The molecule has 0 aliphatic rings. The van der Waals surface area contributed by atoms with Crippen LogP contribution >= 0.6 is 0 Å². The van der Waals surface area contributed by atoms with E-state index in [1.165, 1.54) is 5.56 Å². The Labute approximate surface area is 124 Å². The maximum absolute atomic E-state index is 5.35. The first kappa shape index (κ1) is 17.0. The highest BCUT2D eigenvalue weighted by Crippen LogP contribution is 2.34. The minimum atomic E-state index is 0.338. The van der Waals surface area contributed by atoms with Gasteiger partial charge in [0.25, 0.3) is 0 Å². The summed E-state index contributed by atoms with van der Waals surface area (Å²) in [6.45, 7) is 12.6. The lowest BCUT2D eigenvalue weighted by molar-refractivity contribution is 0.223. The topological polar surface area (TPSA) is 21.3 Å². The molecule has 2 nitrogen and oxygen atoms in total. The highest BCUT2D eigenvalue weighted by molar-refractivity contribution is 5.30. The number of hydrogen-bond acceptors (Lipinski definition) is 2. The summed E-state index contributed by atoms with van der Waals surface area (Å²) in [5.74, 6) is 1.59. The smallest absolute Gasteiger partial charge is 0.119 e. The van der Waals surface area contributed by atoms with E-state index in [1.807, 2.05) is 6.07 Å². The molecule has 1 aromatic rings. The molecule has 0 heterocycles. The summed E-state index contributed by atoms with van der Waals surface area (Å²) in [6.07, 6.45) is 2.31. The summed E-state index contributed by atoms with van der Waals surface area (Å²) in [5, 5.41) is 3.68. The van der Waals surface area contributed by atoms with Crippen LogP contribution in [0.1, 0.15) is 59.1 Å². The molecule has 0 aliphatic heterocycles. The predicted molar refractivity (Wildman–Crippen MR) is 87.3 cm³/mol. The van der Waals surface area contributed by atoms with E-state index in [2.05, 4.69) is 58.1 Å². The quantitative estimate of drug-likeness (QED) is 0.772. The zero-order valence-corrected chi connectivity index (χ0v) is 14.0. The van der Waals surface area contributed by atoms with Crippen molar-refractivity contribution < 1.29 is 4.74 Å². The van der Waals surface area contributed by atoms with E-state index >= 15 is 0 Å². The summed E-state index contributed by atoms with van der Waals surface area (Å²) in [6, 6.07) is 8.84. The van der Waals surface area contributed by atoms with E-state index in [1.54, 1.807) is 7.11 Å². The summed E-state index contributed by atoms with van der Waals surface area (Å²) in [4.78, 5) is 0. The molecule has 0 saturated heterocycles. The Kier molecular flexibility index (Phi) is 6.54. The van der Waals surface area contributed by atoms with Crippen molar-refractivity contribution in [3.05, 3.63) is 29.8 Å². The molecule has 2 unspecified atom stereocenters. The highest BCUT2D eigenvalue weighted by Gasteiger charge is 2.24. The van der Waals surface area contributed by atoms with Gasteiger partial charge in [-0.15, -0.1) is 0 Å². The first-order valence-corrected chi connectivity index (χ1v) is 7.75. The second kappa shape index (κ2) is 7.68. The van der Waals surface area contributed by atoms with E-state index in [9.17, 15) is 0 Å². The molecule has 0 fully saturated rings. The van der Waals surface area contributed by atoms with Gasteiger partial charge in [0, 0.05) is 6.04 Å². The van der Waals surface area contributed by atoms with Gasteiger partial charge in [-0.2, -0.15) is 0 Å². The average molecular weight is 277 g/mol. The van der Waals surface area contributed by atoms with Crippen LogP contribution < -0.4 is 10.1 Å². The first-order chi connectivity index (χ1) is 9.38. The van der Waals surface area contributed by atoms with Crippen molar-refractivity contribution in [2.24, 2.45) is 11.3 Å². The van der Waals surface area contributed by atoms with Gasteiger partial charge in [0.2, 0.25) is 0 Å². The lowest BCUT2D eigenvalue weighted by Crippen LogP contribution is -2.28. The van der Waals surface area contributed by atoms with Gasteiger partial charge in [-0.3, -0.25) is 0 Å². The summed E-state index contributed by atoms with van der Waals surface area (Å²) >= 11 is 0. The highest BCUT2D eigenvalue weighted by atomic mass is 16.5. The molecule has 20 heavy (non-hydrogen) atoms. The van der Waals surface area contributed by atoms with Crippen molar-refractivity contribution in [2.45, 2.75) is 53.5 Å². The molecule has 0 aliphatic carbocycles. The lowest BCUT2D eigenvalue weighted by atomic mass is 9.77. The standard InChI is InChI=1S/C18H31NO/c1-7-11-19-17(12-14(2)18(3,4)5)15-9-8-10-16(13-15)20-6/h8-10,13-14,17,19H,7,11-12H2,1-6H3. The van der Waals surface area contributed by atoms with Crippen molar-refractivity contribution in [3.8, 4) is 5.75 Å². The Morgan fingerprint density at radius 1 is 1.25 bits per heavy atom. The van der Waals surface area contributed by atoms with Gasteiger partial charge in [0.05, 0.1) is 7.11 Å². The SMILES string of the molecule is CCCNC(CC(C)C(C)(C)C)c1cccc(OC)c1. The monoisotopic (exact) mass is 277 g/mol. The fraction of sp³-hybridized carbons (Fsp3) is 0.667. The minimum absolute atomic E-state index is 0.338. The Bertz CT molecular complexity index is 395. The molecule has 114 valence electrons. The molecular weight excluding hydrogens is 246 g/mol. The number of methoxy groups -OCH3 is 1. The van der Waals surface area contributed by atoms with E-state index < -0.39 is 0 Å². The number of nitrogens with one attached hydrogen (secondary N) is 1. The Morgan fingerprint density at radius 3 is 2.50 bits per heavy atom. The van der Waals surface area contributed by atoms with E-state index in [-0.39, 0.29) is 0 Å². The molecule has 1 rings (SSSR count).